The summed E-state index contributed by atoms with van der Waals surface area (Å²) in [6, 6.07) is 7.65. The van der Waals surface area contributed by atoms with E-state index < -0.39 is 0 Å². The molecule has 0 aliphatic heterocycles. The van der Waals surface area contributed by atoms with Gasteiger partial charge in [0.2, 0.25) is 0 Å². The third kappa shape index (κ3) is 2.71. The highest BCUT2D eigenvalue weighted by molar-refractivity contribution is 9.10. The molecule has 2 aromatic heterocycles. The number of hydrogen-bond donors (Lipinski definition) is 1. The lowest BCUT2D eigenvalue weighted by atomic mass is 10.1. The lowest BCUT2D eigenvalue weighted by Crippen LogP contribution is -2.14. The molecule has 5 nitrogen and oxygen atoms in total. The number of nitrogens with zero attached hydrogens (tertiary/aromatic N) is 2. The van der Waals surface area contributed by atoms with Crippen LogP contribution < -0.4 is 5.32 Å². The summed E-state index contributed by atoms with van der Waals surface area (Å²) in [6.07, 6.45) is 2.22. The minimum Gasteiger partial charge on any atom is -0.336 e. The van der Waals surface area contributed by atoms with Crippen LogP contribution in [0.15, 0.2) is 33.3 Å². The van der Waals surface area contributed by atoms with Crippen molar-refractivity contribution in [1.29, 1.82) is 0 Å². The minimum atomic E-state index is -0.166. The Balaban J connectivity index is 1.76. The monoisotopic (exact) mass is 385 g/mol. The predicted octanol–water partition coefficient (Wildman–Crippen LogP) is 4.73. The smallest absolute Gasteiger partial charge is 0.259 e. The van der Waals surface area contributed by atoms with Gasteiger partial charge in [0.25, 0.3) is 11.6 Å². The van der Waals surface area contributed by atoms with E-state index in [0.29, 0.717) is 28.3 Å². The van der Waals surface area contributed by atoms with Crippen LogP contribution in [0, 0.1) is 13.8 Å². The quantitative estimate of drug-likeness (QED) is 0.707. The van der Waals surface area contributed by atoms with E-state index in [-0.39, 0.29) is 5.91 Å². The Morgan fingerprint density at radius 3 is 2.79 bits per heavy atom. The third-order valence-corrected chi connectivity index (χ3v) is 4.81. The van der Waals surface area contributed by atoms with Crippen LogP contribution in [0.2, 0.25) is 0 Å². The highest BCUT2D eigenvalue weighted by Gasteiger charge is 2.28. The van der Waals surface area contributed by atoms with E-state index >= 15 is 0 Å². The normalized spacial score (nSPS) is 14.1. The van der Waals surface area contributed by atoms with Crippen LogP contribution in [-0.2, 0) is 0 Å². The Labute approximate surface area is 147 Å². The molecule has 4 rings (SSSR count). The summed E-state index contributed by atoms with van der Waals surface area (Å²) >= 11 is 3.44. The Kier molecular flexibility index (Phi) is 3.64. The lowest BCUT2D eigenvalue weighted by molar-refractivity contribution is 0.102. The van der Waals surface area contributed by atoms with Crippen molar-refractivity contribution in [3.8, 4) is 0 Å². The van der Waals surface area contributed by atoms with Crippen molar-refractivity contribution in [3.63, 3.8) is 0 Å². The standard InChI is InChI=1S/C18H16BrN3O2/c1-9-7-12(19)5-6-14(9)20-17(23)13-8-15(11-3-4-11)21-18-16(13)10(2)22-24-18/h5-8,11H,3-4H2,1-2H3,(H,20,23). The maximum atomic E-state index is 12.9. The number of rotatable bonds is 3. The molecule has 0 saturated heterocycles. The van der Waals surface area contributed by atoms with Crippen LogP contribution in [0.4, 0.5) is 5.69 Å². The van der Waals surface area contributed by atoms with Gasteiger partial charge in [-0.25, -0.2) is 4.98 Å². The van der Waals surface area contributed by atoms with Gasteiger partial charge in [0.1, 0.15) is 0 Å². The van der Waals surface area contributed by atoms with Crippen molar-refractivity contribution in [2.45, 2.75) is 32.6 Å². The number of aryl methyl sites for hydroxylation is 2. The molecule has 0 spiro atoms. The van der Waals surface area contributed by atoms with Crippen LogP contribution in [-0.4, -0.2) is 16.0 Å². The summed E-state index contributed by atoms with van der Waals surface area (Å²) in [7, 11) is 0. The van der Waals surface area contributed by atoms with Gasteiger partial charge in [-0.1, -0.05) is 21.1 Å². The number of fused-ring (bicyclic) bond motifs is 1. The molecule has 1 aromatic carbocycles. The largest absolute Gasteiger partial charge is 0.336 e. The van der Waals surface area contributed by atoms with Crippen molar-refractivity contribution >= 4 is 38.6 Å². The van der Waals surface area contributed by atoms with Gasteiger partial charge < -0.3 is 9.84 Å². The molecule has 1 fully saturated rings. The number of carbonyl (C=O) groups excluding carboxylic acids is 1. The number of pyridine rings is 1. The molecule has 0 bridgehead atoms. The SMILES string of the molecule is Cc1cc(Br)ccc1NC(=O)c1cc(C2CC2)nc2onc(C)c12. The fourth-order valence-corrected chi connectivity index (χ4v) is 3.31. The Morgan fingerprint density at radius 1 is 1.29 bits per heavy atom. The van der Waals surface area contributed by atoms with E-state index in [1.807, 2.05) is 38.1 Å². The molecule has 122 valence electrons. The third-order valence-electron chi connectivity index (χ3n) is 4.31. The van der Waals surface area contributed by atoms with Gasteiger partial charge in [0.05, 0.1) is 16.6 Å². The average Bonchev–Trinajstić information content (AvgIpc) is 3.33. The fraction of sp³-hybridized carbons (Fsp3) is 0.278. The average molecular weight is 386 g/mol. The van der Waals surface area contributed by atoms with Crippen LogP contribution in [0.3, 0.4) is 0 Å². The molecule has 1 N–H and O–H groups in total. The van der Waals surface area contributed by atoms with Crippen molar-refractivity contribution < 1.29 is 9.32 Å². The highest BCUT2D eigenvalue weighted by atomic mass is 79.9. The maximum Gasteiger partial charge on any atom is 0.259 e. The molecule has 6 heteroatoms. The second-order valence-electron chi connectivity index (χ2n) is 6.23. The van der Waals surface area contributed by atoms with E-state index in [2.05, 4.69) is 31.4 Å². The molecule has 0 unspecified atom stereocenters. The first-order chi connectivity index (χ1) is 11.5. The summed E-state index contributed by atoms with van der Waals surface area (Å²) in [5.41, 5.74) is 4.38. The second kappa shape index (κ2) is 5.70. The molecule has 1 saturated carbocycles. The molecule has 0 radical (unpaired) electrons. The summed E-state index contributed by atoms with van der Waals surface area (Å²) in [5.74, 6) is 0.266. The Hall–Kier alpha value is -2.21. The van der Waals surface area contributed by atoms with Crippen molar-refractivity contribution in [2.24, 2.45) is 0 Å². The Morgan fingerprint density at radius 2 is 2.08 bits per heavy atom. The zero-order valence-electron chi connectivity index (χ0n) is 13.4. The van der Waals surface area contributed by atoms with Crippen molar-refractivity contribution in [3.05, 3.63) is 51.3 Å². The van der Waals surface area contributed by atoms with Crippen LogP contribution in [0.25, 0.3) is 11.1 Å². The molecule has 1 amide bonds. The van der Waals surface area contributed by atoms with Gasteiger partial charge in [-0.05, 0) is 56.5 Å². The fourth-order valence-electron chi connectivity index (χ4n) is 2.84. The minimum absolute atomic E-state index is 0.166. The first kappa shape index (κ1) is 15.3. The molecular formula is C18H16BrN3O2. The van der Waals surface area contributed by atoms with Gasteiger partial charge in [0.15, 0.2) is 0 Å². The van der Waals surface area contributed by atoms with E-state index in [1.165, 1.54) is 0 Å². The number of benzene rings is 1. The first-order valence-electron chi connectivity index (χ1n) is 7.87. The highest BCUT2D eigenvalue weighted by Crippen LogP contribution is 2.40. The molecule has 0 atom stereocenters. The van der Waals surface area contributed by atoms with E-state index in [0.717, 1.165) is 34.3 Å². The van der Waals surface area contributed by atoms with Crippen molar-refractivity contribution in [2.75, 3.05) is 5.32 Å². The molecule has 24 heavy (non-hydrogen) atoms. The van der Waals surface area contributed by atoms with E-state index in [9.17, 15) is 4.79 Å². The molecular weight excluding hydrogens is 370 g/mol. The number of anilines is 1. The van der Waals surface area contributed by atoms with Crippen LogP contribution in [0.1, 0.15) is 46.1 Å². The molecule has 1 aliphatic rings. The number of carbonyl (C=O) groups is 1. The number of nitrogens with one attached hydrogen (secondary N) is 1. The zero-order chi connectivity index (χ0) is 16.8. The van der Waals surface area contributed by atoms with Gasteiger partial charge in [-0.15, -0.1) is 0 Å². The van der Waals surface area contributed by atoms with Crippen LogP contribution >= 0.6 is 15.9 Å². The van der Waals surface area contributed by atoms with Gasteiger partial charge in [0, 0.05) is 21.8 Å². The second-order valence-corrected chi connectivity index (χ2v) is 7.15. The van der Waals surface area contributed by atoms with Crippen LogP contribution in [0.5, 0.6) is 0 Å². The molecule has 3 aromatic rings. The Bertz CT molecular complexity index is 960. The van der Waals surface area contributed by atoms with E-state index in [4.69, 9.17) is 4.52 Å². The first-order valence-corrected chi connectivity index (χ1v) is 8.66. The number of amides is 1. The van der Waals surface area contributed by atoms with Crippen molar-refractivity contribution in [1.82, 2.24) is 10.1 Å². The number of hydrogen-bond acceptors (Lipinski definition) is 4. The topological polar surface area (TPSA) is 68.0 Å². The zero-order valence-corrected chi connectivity index (χ0v) is 15.0. The number of halogens is 1. The maximum absolute atomic E-state index is 12.9. The molecule has 2 heterocycles. The molecule has 1 aliphatic carbocycles. The van der Waals surface area contributed by atoms with E-state index in [1.54, 1.807) is 0 Å². The summed E-state index contributed by atoms with van der Waals surface area (Å²) < 4.78 is 6.28. The van der Waals surface area contributed by atoms with Gasteiger partial charge in [-0.3, -0.25) is 4.79 Å². The number of aromatic nitrogens is 2. The lowest BCUT2D eigenvalue weighted by Gasteiger charge is -2.10. The predicted molar refractivity (Wildman–Crippen MR) is 95.3 cm³/mol. The summed E-state index contributed by atoms with van der Waals surface area (Å²) in [5, 5.41) is 7.65. The summed E-state index contributed by atoms with van der Waals surface area (Å²) in [4.78, 5) is 17.4. The van der Waals surface area contributed by atoms with Gasteiger partial charge >= 0.3 is 0 Å². The summed E-state index contributed by atoms with van der Waals surface area (Å²) in [6.45, 7) is 3.79. The van der Waals surface area contributed by atoms with Gasteiger partial charge in [-0.2, -0.15) is 0 Å².